The third-order valence-electron chi connectivity index (χ3n) is 8.32. The number of hydrogen-bond acceptors (Lipinski definition) is 0. The van der Waals surface area contributed by atoms with Crippen LogP contribution in [0.3, 0.4) is 0 Å². The highest BCUT2D eigenvalue weighted by Gasteiger charge is 2.41. The normalized spacial score (nSPS) is 44.8. The van der Waals surface area contributed by atoms with Crippen molar-refractivity contribution in [3.63, 3.8) is 0 Å². The van der Waals surface area contributed by atoms with Crippen LogP contribution < -0.4 is 0 Å². The van der Waals surface area contributed by atoms with Crippen LogP contribution in [0, 0.1) is 35.5 Å². The molecule has 152 valence electrons. The van der Waals surface area contributed by atoms with Gasteiger partial charge in [0, 0.05) is 0 Å². The molecule has 3 saturated carbocycles. The van der Waals surface area contributed by atoms with Crippen molar-refractivity contribution >= 4 is 0 Å². The van der Waals surface area contributed by atoms with Crippen LogP contribution in [0.25, 0.3) is 0 Å². The van der Waals surface area contributed by atoms with Gasteiger partial charge in [-0.3, -0.25) is 0 Å². The summed E-state index contributed by atoms with van der Waals surface area (Å²) in [6.45, 7) is 4.56. The molecule has 0 bridgehead atoms. The van der Waals surface area contributed by atoms with Crippen molar-refractivity contribution in [1.82, 2.24) is 0 Å². The van der Waals surface area contributed by atoms with Gasteiger partial charge in [-0.2, -0.15) is 0 Å². The molecule has 0 nitrogen and oxygen atoms in total. The van der Waals surface area contributed by atoms with E-state index in [2.05, 4.69) is 13.8 Å². The molecule has 3 aliphatic carbocycles. The van der Waals surface area contributed by atoms with E-state index in [-0.39, 0.29) is 11.8 Å². The highest BCUT2D eigenvalue weighted by molar-refractivity contribution is 4.91. The van der Waals surface area contributed by atoms with Crippen LogP contribution >= 0.6 is 0 Å². The summed E-state index contributed by atoms with van der Waals surface area (Å²) in [5.74, 6) is 2.99. The zero-order chi connectivity index (χ0) is 18.5. The molecule has 0 aromatic carbocycles. The summed E-state index contributed by atoms with van der Waals surface area (Å²) in [4.78, 5) is 0. The molecule has 0 aromatic heterocycles. The first kappa shape index (κ1) is 20.6. The van der Waals surface area contributed by atoms with Crippen LogP contribution in [-0.2, 0) is 0 Å². The predicted molar refractivity (Wildman–Crippen MR) is 107 cm³/mol. The summed E-state index contributed by atoms with van der Waals surface area (Å²) >= 11 is 0. The van der Waals surface area contributed by atoms with Crippen molar-refractivity contribution in [2.45, 2.75) is 116 Å². The topological polar surface area (TPSA) is 0 Å². The van der Waals surface area contributed by atoms with Crippen molar-refractivity contribution in [3.8, 4) is 0 Å². The quantitative estimate of drug-likeness (QED) is 0.418. The third kappa shape index (κ3) is 5.22. The van der Waals surface area contributed by atoms with Crippen LogP contribution in [0.2, 0.25) is 0 Å². The minimum atomic E-state index is -0.671. The van der Waals surface area contributed by atoms with E-state index in [1.807, 2.05) is 0 Å². The smallest absolute Gasteiger partial charge is 0.103 e. The monoisotopic (exact) mass is 368 g/mol. The summed E-state index contributed by atoms with van der Waals surface area (Å²) in [5.41, 5.74) is 0. The van der Waals surface area contributed by atoms with Crippen LogP contribution in [0.15, 0.2) is 0 Å². The van der Waals surface area contributed by atoms with Gasteiger partial charge in [-0.15, -0.1) is 0 Å². The number of rotatable bonds is 6. The van der Waals surface area contributed by atoms with E-state index >= 15 is 4.39 Å². The van der Waals surface area contributed by atoms with Gasteiger partial charge in [-0.25, -0.2) is 8.78 Å². The lowest BCUT2D eigenvalue weighted by Crippen LogP contribution is -2.38. The fourth-order valence-electron chi connectivity index (χ4n) is 6.46. The highest BCUT2D eigenvalue weighted by atomic mass is 19.1. The average molecular weight is 369 g/mol. The molecule has 0 saturated heterocycles. The molecule has 0 N–H and O–H groups in total. The molecule has 3 fully saturated rings. The van der Waals surface area contributed by atoms with Crippen molar-refractivity contribution in [3.05, 3.63) is 0 Å². The van der Waals surface area contributed by atoms with E-state index in [9.17, 15) is 4.39 Å². The average Bonchev–Trinajstić information content (AvgIpc) is 2.64. The summed E-state index contributed by atoms with van der Waals surface area (Å²) in [5, 5.41) is 0. The molecule has 26 heavy (non-hydrogen) atoms. The lowest BCUT2D eigenvalue weighted by Gasteiger charge is -2.43. The first-order valence-corrected chi connectivity index (χ1v) is 11.9. The van der Waals surface area contributed by atoms with E-state index in [0.717, 1.165) is 43.9 Å². The Morgan fingerprint density at radius 3 is 2.00 bits per heavy atom. The van der Waals surface area contributed by atoms with Gasteiger partial charge in [0.2, 0.25) is 0 Å². The predicted octanol–water partition coefficient (Wildman–Crippen LogP) is 7.90. The van der Waals surface area contributed by atoms with Gasteiger partial charge in [-0.05, 0) is 93.3 Å². The molecule has 0 amide bonds. The Morgan fingerprint density at radius 1 is 0.692 bits per heavy atom. The molecule has 0 aromatic rings. The Hall–Kier alpha value is -0.140. The fourth-order valence-corrected chi connectivity index (χ4v) is 6.46. The minimum absolute atomic E-state index is 0.156. The molecule has 6 atom stereocenters. The zero-order valence-corrected chi connectivity index (χ0v) is 17.3. The van der Waals surface area contributed by atoms with E-state index in [0.29, 0.717) is 18.3 Å². The summed E-state index contributed by atoms with van der Waals surface area (Å²) in [7, 11) is 0. The largest absolute Gasteiger partial charge is 0.247 e. The molecule has 2 heteroatoms. The molecule has 0 heterocycles. The Morgan fingerprint density at radius 2 is 1.35 bits per heavy atom. The number of alkyl halides is 2. The highest BCUT2D eigenvalue weighted by Crippen LogP contribution is 2.47. The second-order valence-corrected chi connectivity index (χ2v) is 10.1. The molecular weight excluding hydrogens is 326 g/mol. The molecule has 0 spiro atoms. The Bertz CT molecular complexity index is 401. The summed E-state index contributed by atoms with van der Waals surface area (Å²) in [6.07, 6.45) is 14.4. The lowest BCUT2D eigenvalue weighted by molar-refractivity contribution is 0.0125. The summed E-state index contributed by atoms with van der Waals surface area (Å²) in [6, 6.07) is 0. The van der Waals surface area contributed by atoms with E-state index in [1.165, 1.54) is 51.4 Å². The lowest BCUT2D eigenvalue weighted by atomic mass is 9.64. The molecule has 0 aliphatic heterocycles. The molecule has 0 radical (unpaired) electrons. The standard InChI is InChI=1S/C24H42F2/c1-3-4-5-6-19-11-12-21(16-23(19)25)22-14-13-20(15-24(22)26)18-9-7-17(2)8-10-18/h17-24H,3-16H2,1-2H3. The van der Waals surface area contributed by atoms with E-state index in [4.69, 9.17) is 0 Å². The third-order valence-corrected chi connectivity index (χ3v) is 8.32. The number of halogens is 2. The van der Waals surface area contributed by atoms with Crippen molar-refractivity contribution in [2.75, 3.05) is 0 Å². The maximum absolute atomic E-state index is 15.1. The van der Waals surface area contributed by atoms with Gasteiger partial charge in [0.1, 0.15) is 12.3 Å². The molecule has 3 rings (SSSR count). The molecular formula is C24H42F2. The van der Waals surface area contributed by atoms with Gasteiger partial charge < -0.3 is 0 Å². The SMILES string of the molecule is CCCCCC1CCC(C2CCC(C3CCC(C)CC3)CC2F)CC1F. The Labute approximate surface area is 160 Å². The maximum atomic E-state index is 15.1. The first-order valence-electron chi connectivity index (χ1n) is 11.9. The van der Waals surface area contributed by atoms with Crippen LogP contribution in [0.4, 0.5) is 8.78 Å². The summed E-state index contributed by atoms with van der Waals surface area (Å²) < 4.78 is 29.8. The molecule has 3 aliphatic rings. The van der Waals surface area contributed by atoms with Gasteiger partial charge in [0.25, 0.3) is 0 Å². The van der Waals surface area contributed by atoms with Crippen LogP contribution in [0.1, 0.15) is 104 Å². The van der Waals surface area contributed by atoms with Gasteiger partial charge >= 0.3 is 0 Å². The van der Waals surface area contributed by atoms with E-state index in [1.54, 1.807) is 0 Å². The van der Waals surface area contributed by atoms with Crippen molar-refractivity contribution < 1.29 is 8.78 Å². The van der Waals surface area contributed by atoms with Crippen LogP contribution in [-0.4, -0.2) is 12.3 Å². The van der Waals surface area contributed by atoms with Crippen molar-refractivity contribution in [2.24, 2.45) is 35.5 Å². The number of unbranched alkanes of at least 4 members (excludes halogenated alkanes) is 2. The zero-order valence-electron chi connectivity index (χ0n) is 17.3. The second-order valence-electron chi connectivity index (χ2n) is 10.1. The maximum Gasteiger partial charge on any atom is 0.103 e. The van der Waals surface area contributed by atoms with Gasteiger partial charge in [0.05, 0.1) is 0 Å². The molecule has 6 unspecified atom stereocenters. The Balaban J connectivity index is 1.45. The van der Waals surface area contributed by atoms with Gasteiger partial charge in [-0.1, -0.05) is 46.0 Å². The Kier molecular flexibility index (Phi) is 7.82. The van der Waals surface area contributed by atoms with Crippen LogP contribution in [0.5, 0.6) is 0 Å². The number of hydrogen-bond donors (Lipinski definition) is 0. The van der Waals surface area contributed by atoms with Gasteiger partial charge in [0.15, 0.2) is 0 Å². The van der Waals surface area contributed by atoms with E-state index < -0.39 is 12.3 Å². The first-order chi connectivity index (χ1) is 12.6. The minimum Gasteiger partial charge on any atom is -0.247 e. The fraction of sp³-hybridized carbons (Fsp3) is 1.00. The second kappa shape index (κ2) is 9.87. The van der Waals surface area contributed by atoms with Crippen molar-refractivity contribution in [1.29, 1.82) is 0 Å².